The van der Waals surface area contributed by atoms with Crippen molar-refractivity contribution >= 4 is 44.9 Å². The average Bonchev–Trinajstić information content (AvgIpc) is 3.40. The first-order valence-electron chi connectivity index (χ1n) is 14.8. The van der Waals surface area contributed by atoms with Crippen molar-refractivity contribution in [1.29, 1.82) is 5.26 Å². The van der Waals surface area contributed by atoms with Crippen LogP contribution in [0.5, 0.6) is 17.2 Å². The number of carbonyl (C=O) groups is 1. The molecule has 1 aliphatic heterocycles. The molecule has 0 saturated heterocycles. The maximum Gasteiger partial charge on any atom is 0.271 e. The molecule has 0 unspecified atom stereocenters. The SMILES string of the molecule is COc1cccc([C@H]2C(C(=O)Nc3ccccc3)=C(C)N=c3s/c(=C\c4cc(Br)c(OCc5ccc(C#N)cc5)c(OC)c4)c(=O)n32)c1. The minimum Gasteiger partial charge on any atom is -0.497 e. The van der Waals surface area contributed by atoms with Crippen molar-refractivity contribution < 1.29 is 19.0 Å². The third-order valence-corrected chi connectivity index (χ3v) is 9.30. The smallest absolute Gasteiger partial charge is 0.271 e. The fourth-order valence-corrected chi connectivity index (χ4v) is 7.03. The van der Waals surface area contributed by atoms with Crippen LogP contribution in [0.15, 0.2) is 117 Å². The van der Waals surface area contributed by atoms with Crippen molar-refractivity contribution in [3.63, 3.8) is 0 Å². The number of nitrogens with one attached hydrogen (secondary N) is 1. The van der Waals surface area contributed by atoms with Crippen molar-refractivity contribution in [3.8, 4) is 23.3 Å². The lowest BCUT2D eigenvalue weighted by Gasteiger charge is -2.25. The zero-order chi connectivity index (χ0) is 33.8. The van der Waals surface area contributed by atoms with Crippen molar-refractivity contribution in [2.75, 3.05) is 19.5 Å². The Balaban J connectivity index is 1.40. The van der Waals surface area contributed by atoms with Gasteiger partial charge in [-0.15, -0.1) is 0 Å². The molecule has 4 aromatic carbocycles. The van der Waals surface area contributed by atoms with Crippen molar-refractivity contribution in [3.05, 3.63) is 149 Å². The molecule has 1 aromatic heterocycles. The van der Waals surface area contributed by atoms with E-state index in [1.54, 1.807) is 62.1 Å². The minimum atomic E-state index is -0.749. The first-order valence-corrected chi connectivity index (χ1v) is 16.4. The predicted molar refractivity (Wildman–Crippen MR) is 188 cm³/mol. The van der Waals surface area contributed by atoms with Gasteiger partial charge in [-0.3, -0.25) is 14.2 Å². The number of thiazole rings is 1. The highest BCUT2D eigenvalue weighted by atomic mass is 79.9. The number of hydrogen-bond acceptors (Lipinski definition) is 8. The van der Waals surface area contributed by atoms with Crippen LogP contribution in [0.4, 0.5) is 5.69 Å². The molecule has 0 fully saturated rings. The molecule has 240 valence electrons. The van der Waals surface area contributed by atoms with Crippen molar-refractivity contribution in [1.82, 2.24) is 4.57 Å². The van der Waals surface area contributed by atoms with Gasteiger partial charge in [0.1, 0.15) is 12.4 Å². The molecule has 11 heteroatoms. The number of para-hydroxylation sites is 1. The van der Waals surface area contributed by atoms with Gasteiger partial charge in [-0.2, -0.15) is 5.26 Å². The van der Waals surface area contributed by atoms with E-state index in [1.165, 1.54) is 11.3 Å². The molecule has 0 radical (unpaired) electrons. The highest BCUT2D eigenvalue weighted by molar-refractivity contribution is 9.10. The molecule has 1 amide bonds. The van der Waals surface area contributed by atoms with E-state index in [4.69, 9.17) is 24.5 Å². The van der Waals surface area contributed by atoms with Gasteiger partial charge in [-0.25, -0.2) is 4.99 Å². The largest absolute Gasteiger partial charge is 0.497 e. The van der Waals surface area contributed by atoms with Gasteiger partial charge >= 0.3 is 0 Å². The third kappa shape index (κ3) is 6.67. The lowest BCUT2D eigenvalue weighted by atomic mass is 9.95. The summed E-state index contributed by atoms with van der Waals surface area (Å²) in [7, 11) is 3.12. The second kappa shape index (κ2) is 14.1. The van der Waals surface area contributed by atoms with Gasteiger partial charge < -0.3 is 19.5 Å². The van der Waals surface area contributed by atoms with Gasteiger partial charge in [0, 0.05) is 5.69 Å². The number of nitrogens with zero attached hydrogens (tertiary/aromatic N) is 3. The molecular weight excluding hydrogens is 692 g/mol. The Labute approximate surface area is 288 Å². The fraction of sp³-hybridized carbons (Fsp3) is 0.135. The maximum absolute atomic E-state index is 14.2. The summed E-state index contributed by atoms with van der Waals surface area (Å²) in [5.41, 5.74) is 4.09. The number of hydrogen-bond donors (Lipinski definition) is 1. The molecule has 0 saturated carbocycles. The molecule has 0 aliphatic carbocycles. The number of benzene rings is 4. The highest BCUT2D eigenvalue weighted by Gasteiger charge is 2.33. The number of carbonyl (C=O) groups excluding carboxylic acids is 1. The maximum atomic E-state index is 14.2. The quantitative estimate of drug-likeness (QED) is 0.197. The minimum absolute atomic E-state index is 0.266. The molecule has 1 N–H and O–H groups in total. The monoisotopic (exact) mass is 720 g/mol. The third-order valence-electron chi connectivity index (χ3n) is 7.72. The van der Waals surface area contributed by atoms with E-state index in [2.05, 4.69) is 27.3 Å². The molecule has 2 heterocycles. The summed E-state index contributed by atoms with van der Waals surface area (Å²) in [6.07, 6.45) is 1.77. The Morgan fingerprint density at radius 2 is 1.81 bits per heavy atom. The van der Waals surface area contributed by atoms with E-state index in [-0.39, 0.29) is 18.1 Å². The summed E-state index contributed by atoms with van der Waals surface area (Å²) >= 11 is 4.85. The van der Waals surface area contributed by atoms with Crippen LogP contribution >= 0.6 is 27.3 Å². The molecule has 5 aromatic rings. The van der Waals surface area contributed by atoms with Crippen LogP contribution in [-0.4, -0.2) is 24.7 Å². The van der Waals surface area contributed by atoms with Crippen molar-refractivity contribution in [2.45, 2.75) is 19.6 Å². The summed E-state index contributed by atoms with van der Waals surface area (Å²) in [6, 6.07) is 28.7. The number of fused-ring (bicyclic) bond motifs is 1. The van der Waals surface area contributed by atoms with Gasteiger partial charge in [0.2, 0.25) is 0 Å². The number of amides is 1. The molecule has 48 heavy (non-hydrogen) atoms. The Morgan fingerprint density at radius 1 is 1.04 bits per heavy atom. The van der Waals surface area contributed by atoms with Crippen LogP contribution in [0.2, 0.25) is 0 Å². The van der Waals surface area contributed by atoms with E-state index in [9.17, 15) is 9.59 Å². The summed E-state index contributed by atoms with van der Waals surface area (Å²) in [5.74, 6) is 1.23. The first-order chi connectivity index (χ1) is 23.3. The number of anilines is 1. The summed E-state index contributed by atoms with van der Waals surface area (Å²) in [4.78, 5) is 33.2. The normalized spacial score (nSPS) is 14.1. The summed E-state index contributed by atoms with van der Waals surface area (Å²) < 4.78 is 19.9. The molecule has 6 rings (SSSR count). The van der Waals surface area contributed by atoms with E-state index in [1.807, 2.05) is 60.7 Å². The van der Waals surface area contributed by atoms with E-state index >= 15 is 0 Å². The topological polar surface area (TPSA) is 115 Å². The van der Waals surface area contributed by atoms with Crippen molar-refractivity contribution in [2.24, 2.45) is 4.99 Å². The molecule has 1 aliphatic rings. The predicted octanol–water partition coefficient (Wildman–Crippen LogP) is 6.10. The van der Waals surface area contributed by atoms with Gasteiger partial charge in [0.25, 0.3) is 11.5 Å². The standard InChI is InChI=1S/C37H29BrN4O5S/c1-22-32(35(43)41-27-9-5-4-6-10-27)33(26-8-7-11-28(19-26)45-2)42-36(44)31(48-37(42)40-22)18-25-16-29(38)34(30(17-25)46-3)47-21-24-14-12-23(20-39)13-15-24/h4-19,33H,21H2,1-3H3,(H,41,43)/b31-18-/t33-/m0/s1. The van der Waals surface area contributed by atoms with Crippen LogP contribution < -0.4 is 34.4 Å². The van der Waals surface area contributed by atoms with Crippen LogP contribution in [0, 0.1) is 11.3 Å². The number of rotatable bonds is 9. The molecule has 9 nitrogen and oxygen atoms in total. The van der Waals surface area contributed by atoms with E-state index in [0.29, 0.717) is 64.7 Å². The average molecular weight is 722 g/mol. The zero-order valence-corrected chi connectivity index (χ0v) is 28.6. The molecule has 1 atom stereocenters. The van der Waals surface area contributed by atoms with Crippen LogP contribution in [-0.2, 0) is 11.4 Å². The molecule has 0 bridgehead atoms. The van der Waals surface area contributed by atoms with Gasteiger partial charge in [-0.1, -0.05) is 53.8 Å². The van der Waals surface area contributed by atoms with Gasteiger partial charge in [0.05, 0.1) is 52.2 Å². The Hall–Kier alpha value is -5.44. The van der Waals surface area contributed by atoms with E-state index in [0.717, 1.165) is 5.56 Å². The number of ether oxygens (including phenoxy) is 3. The Kier molecular flexibility index (Phi) is 9.57. The summed E-state index contributed by atoms with van der Waals surface area (Å²) in [6.45, 7) is 2.05. The van der Waals surface area contributed by atoms with E-state index < -0.39 is 6.04 Å². The van der Waals surface area contributed by atoms with Crippen LogP contribution in [0.1, 0.15) is 35.2 Å². The fourth-order valence-electron chi connectivity index (χ4n) is 5.40. The number of nitriles is 1. The number of halogens is 1. The number of allylic oxidation sites excluding steroid dienone is 1. The van der Waals surface area contributed by atoms with Gasteiger partial charge in [0.15, 0.2) is 16.3 Å². The Morgan fingerprint density at radius 3 is 2.52 bits per heavy atom. The second-order valence-electron chi connectivity index (χ2n) is 10.8. The lowest BCUT2D eigenvalue weighted by Crippen LogP contribution is -2.40. The lowest BCUT2D eigenvalue weighted by molar-refractivity contribution is -0.113. The first kappa shape index (κ1) is 32.5. The number of aromatic nitrogens is 1. The second-order valence-corrected chi connectivity index (χ2v) is 12.7. The van der Waals surface area contributed by atoms with Crippen LogP contribution in [0.25, 0.3) is 6.08 Å². The highest BCUT2D eigenvalue weighted by Crippen LogP contribution is 2.38. The number of methoxy groups -OCH3 is 2. The van der Waals surface area contributed by atoms with Gasteiger partial charge in [-0.05, 0) is 94.2 Å². The zero-order valence-electron chi connectivity index (χ0n) is 26.2. The summed E-state index contributed by atoms with van der Waals surface area (Å²) in [5, 5.41) is 12.0. The van der Waals surface area contributed by atoms with Crippen LogP contribution in [0.3, 0.4) is 0 Å². The Bertz CT molecular complexity index is 2270. The molecule has 0 spiro atoms. The molecular formula is C37H29BrN4O5S.